The molecule has 4 nitrogen and oxygen atoms in total. The Morgan fingerprint density at radius 3 is 2.79 bits per heavy atom. The molecule has 2 aromatic rings. The minimum Gasteiger partial charge on any atom is -0.229 e. The van der Waals surface area contributed by atoms with E-state index in [1.807, 2.05) is 23.8 Å². The highest BCUT2D eigenvalue weighted by molar-refractivity contribution is 7.91. The third-order valence-corrected chi connectivity index (χ3v) is 6.64. The van der Waals surface area contributed by atoms with Gasteiger partial charge in [0.15, 0.2) is 8.68 Å². The van der Waals surface area contributed by atoms with Crippen LogP contribution in [-0.2, 0) is 16.4 Å². The van der Waals surface area contributed by atoms with E-state index >= 15 is 0 Å². The number of hydrogen-bond acceptors (Lipinski definition) is 5. The summed E-state index contributed by atoms with van der Waals surface area (Å²) in [6.07, 6.45) is 0.661. The summed E-state index contributed by atoms with van der Waals surface area (Å²) in [6.45, 7) is 3.48. The summed E-state index contributed by atoms with van der Waals surface area (Å²) < 4.78 is 27.5. The Kier molecular flexibility index (Phi) is 4.62. The van der Waals surface area contributed by atoms with E-state index in [2.05, 4.69) is 9.71 Å². The van der Waals surface area contributed by atoms with E-state index in [1.54, 1.807) is 18.3 Å². The molecule has 0 aromatic carbocycles. The van der Waals surface area contributed by atoms with Crippen molar-refractivity contribution in [3.8, 4) is 0 Å². The van der Waals surface area contributed by atoms with Gasteiger partial charge in [-0.25, -0.2) is 18.1 Å². The number of thiazole rings is 1. The first-order chi connectivity index (χ1) is 8.88. The fourth-order valence-electron chi connectivity index (χ4n) is 1.72. The number of thiophene rings is 1. The summed E-state index contributed by atoms with van der Waals surface area (Å²) in [5, 5.41) is 3.99. The lowest BCUT2D eigenvalue weighted by atomic mass is 10.1. The van der Waals surface area contributed by atoms with E-state index in [1.165, 1.54) is 0 Å². The van der Waals surface area contributed by atoms with Gasteiger partial charge in [0.05, 0.1) is 5.69 Å². The third-order valence-electron chi connectivity index (χ3n) is 2.45. The second kappa shape index (κ2) is 5.88. The molecule has 2 aromatic heterocycles. The highest BCUT2D eigenvalue weighted by Gasteiger charge is 2.23. The molecule has 0 aliphatic rings. The molecule has 104 valence electrons. The summed E-state index contributed by atoms with van der Waals surface area (Å²) in [7, 11) is -3.55. The molecule has 2 heterocycles. The number of halogens is 1. The van der Waals surface area contributed by atoms with Crippen molar-refractivity contribution < 1.29 is 8.42 Å². The molecule has 0 aliphatic heterocycles. The van der Waals surface area contributed by atoms with Crippen LogP contribution in [0.1, 0.15) is 18.2 Å². The number of nitrogens with one attached hydrogen (secondary N) is 1. The first-order valence-corrected chi connectivity index (χ1v) is 9.17. The van der Waals surface area contributed by atoms with Gasteiger partial charge in [0.2, 0.25) is 0 Å². The van der Waals surface area contributed by atoms with Gasteiger partial charge in [-0.3, -0.25) is 0 Å². The predicted molar refractivity (Wildman–Crippen MR) is 79.7 cm³/mol. The van der Waals surface area contributed by atoms with Gasteiger partial charge in [-0.15, -0.1) is 0 Å². The predicted octanol–water partition coefficient (Wildman–Crippen LogP) is 3.08. The fourth-order valence-corrected chi connectivity index (χ4v) is 5.40. The standard InChI is InChI=1S/C11H13ClN2O2S3/c1-7(5-9-3-4-17-6-9)14-19(15,16)10-8(2)13-11(12)18-10/h3-4,6-7,14H,5H2,1-2H3. The van der Waals surface area contributed by atoms with Crippen LogP contribution in [-0.4, -0.2) is 19.4 Å². The zero-order valence-electron chi connectivity index (χ0n) is 10.4. The van der Waals surface area contributed by atoms with E-state index in [0.717, 1.165) is 16.9 Å². The lowest BCUT2D eigenvalue weighted by molar-refractivity contribution is 0.561. The molecule has 0 amide bonds. The van der Waals surface area contributed by atoms with Crippen LogP contribution in [0.25, 0.3) is 0 Å². The van der Waals surface area contributed by atoms with Gasteiger partial charge >= 0.3 is 0 Å². The molecule has 8 heteroatoms. The molecule has 19 heavy (non-hydrogen) atoms. The molecule has 1 N–H and O–H groups in total. The normalized spacial score (nSPS) is 13.6. The van der Waals surface area contributed by atoms with Crippen molar-refractivity contribution in [1.29, 1.82) is 0 Å². The highest BCUT2D eigenvalue weighted by atomic mass is 35.5. The van der Waals surface area contributed by atoms with Crippen LogP contribution in [0.3, 0.4) is 0 Å². The van der Waals surface area contributed by atoms with E-state index in [4.69, 9.17) is 11.6 Å². The van der Waals surface area contributed by atoms with Crippen molar-refractivity contribution in [2.45, 2.75) is 30.5 Å². The van der Waals surface area contributed by atoms with Gasteiger partial charge in [-0.2, -0.15) is 11.3 Å². The topological polar surface area (TPSA) is 59.1 Å². The monoisotopic (exact) mass is 336 g/mol. The Morgan fingerprint density at radius 1 is 1.53 bits per heavy atom. The minimum atomic E-state index is -3.55. The minimum absolute atomic E-state index is 0.181. The van der Waals surface area contributed by atoms with Gasteiger partial charge < -0.3 is 0 Å². The van der Waals surface area contributed by atoms with Crippen molar-refractivity contribution in [2.24, 2.45) is 0 Å². The Hall–Kier alpha value is -0.470. The third kappa shape index (κ3) is 3.76. The quantitative estimate of drug-likeness (QED) is 0.912. The second-order valence-corrected chi connectivity index (χ2v) is 8.47. The van der Waals surface area contributed by atoms with Crippen molar-refractivity contribution in [3.63, 3.8) is 0 Å². The van der Waals surface area contributed by atoms with Crippen LogP contribution in [0.4, 0.5) is 0 Å². The molecule has 1 atom stereocenters. The average Bonchev–Trinajstić information content (AvgIpc) is 2.87. The summed E-state index contributed by atoms with van der Waals surface area (Å²) >= 11 is 8.32. The van der Waals surface area contributed by atoms with Crippen LogP contribution >= 0.6 is 34.3 Å². The summed E-state index contributed by atoms with van der Waals surface area (Å²) in [6, 6.07) is 1.81. The summed E-state index contributed by atoms with van der Waals surface area (Å²) in [4.78, 5) is 3.93. The Morgan fingerprint density at radius 2 is 2.26 bits per heavy atom. The maximum absolute atomic E-state index is 12.2. The van der Waals surface area contributed by atoms with Gasteiger partial charge in [-0.1, -0.05) is 22.9 Å². The first-order valence-electron chi connectivity index (χ1n) is 5.55. The van der Waals surface area contributed by atoms with Crippen LogP contribution < -0.4 is 4.72 Å². The SMILES string of the molecule is Cc1nc(Cl)sc1S(=O)(=O)NC(C)Cc1ccsc1. The van der Waals surface area contributed by atoms with Crippen LogP contribution in [0, 0.1) is 6.92 Å². The average molecular weight is 337 g/mol. The molecular formula is C11H13ClN2O2S3. The molecule has 0 bridgehead atoms. The summed E-state index contributed by atoms with van der Waals surface area (Å²) in [5.41, 5.74) is 1.56. The molecule has 0 fully saturated rings. The molecule has 0 radical (unpaired) electrons. The van der Waals surface area contributed by atoms with Gasteiger partial charge in [0, 0.05) is 6.04 Å². The van der Waals surface area contributed by atoms with Gasteiger partial charge in [-0.05, 0) is 42.7 Å². The number of hydrogen-bond donors (Lipinski definition) is 1. The molecule has 1 unspecified atom stereocenters. The van der Waals surface area contributed by atoms with Crippen molar-refractivity contribution in [2.75, 3.05) is 0 Å². The van der Waals surface area contributed by atoms with Gasteiger partial charge in [0.25, 0.3) is 10.0 Å². The molecule has 0 aliphatic carbocycles. The van der Waals surface area contributed by atoms with Crippen molar-refractivity contribution in [3.05, 3.63) is 32.6 Å². The van der Waals surface area contributed by atoms with Gasteiger partial charge in [0.1, 0.15) is 0 Å². The number of aromatic nitrogens is 1. The van der Waals surface area contributed by atoms with Crippen LogP contribution in [0.15, 0.2) is 21.0 Å². The molecule has 2 rings (SSSR count). The smallest absolute Gasteiger partial charge is 0.229 e. The van der Waals surface area contributed by atoms with Crippen LogP contribution in [0.2, 0.25) is 4.47 Å². The van der Waals surface area contributed by atoms with E-state index in [-0.39, 0.29) is 14.7 Å². The maximum Gasteiger partial charge on any atom is 0.252 e. The molecule has 0 saturated heterocycles. The first kappa shape index (κ1) is 14.9. The Balaban J connectivity index is 2.11. The summed E-state index contributed by atoms with van der Waals surface area (Å²) in [5.74, 6) is 0. The number of sulfonamides is 1. The maximum atomic E-state index is 12.2. The van der Waals surface area contributed by atoms with E-state index < -0.39 is 10.0 Å². The van der Waals surface area contributed by atoms with E-state index in [9.17, 15) is 8.42 Å². The number of rotatable bonds is 5. The van der Waals surface area contributed by atoms with Crippen molar-refractivity contribution >= 4 is 44.3 Å². The Labute approximate surface area is 125 Å². The lowest BCUT2D eigenvalue weighted by Crippen LogP contribution is -2.33. The van der Waals surface area contributed by atoms with Crippen LogP contribution in [0.5, 0.6) is 0 Å². The zero-order chi connectivity index (χ0) is 14.0. The fraction of sp³-hybridized carbons (Fsp3) is 0.364. The molecular weight excluding hydrogens is 324 g/mol. The number of nitrogens with zero attached hydrogens (tertiary/aromatic N) is 1. The second-order valence-electron chi connectivity index (χ2n) is 4.20. The largest absolute Gasteiger partial charge is 0.252 e. The molecule has 0 spiro atoms. The highest BCUT2D eigenvalue weighted by Crippen LogP contribution is 2.26. The number of aryl methyl sites for hydroxylation is 1. The Bertz CT molecular complexity index is 650. The zero-order valence-corrected chi connectivity index (χ0v) is 13.6. The van der Waals surface area contributed by atoms with E-state index in [0.29, 0.717) is 12.1 Å². The van der Waals surface area contributed by atoms with Crippen molar-refractivity contribution in [1.82, 2.24) is 9.71 Å². The lowest BCUT2D eigenvalue weighted by Gasteiger charge is -2.12. The molecule has 0 saturated carbocycles.